The molecule has 0 amide bonds. The third kappa shape index (κ3) is 2.67. The lowest BCUT2D eigenvalue weighted by molar-refractivity contribution is 0.174. The fourth-order valence-electron chi connectivity index (χ4n) is 2.03. The van der Waals surface area contributed by atoms with E-state index >= 15 is 0 Å². The molecular weight excluding hydrogens is 180 g/mol. The molecule has 0 aliphatic carbocycles. The summed E-state index contributed by atoms with van der Waals surface area (Å²) in [5.41, 5.74) is 6.00. The highest BCUT2D eigenvalue weighted by molar-refractivity contribution is 4.90. The van der Waals surface area contributed by atoms with Crippen LogP contribution in [-0.2, 0) is 9.47 Å². The summed E-state index contributed by atoms with van der Waals surface area (Å²) in [7, 11) is 0. The highest BCUT2D eigenvalue weighted by atomic mass is 16.5. The molecule has 0 aromatic carbocycles. The maximum atomic E-state index is 6.13. The van der Waals surface area contributed by atoms with Crippen molar-refractivity contribution in [3.05, 3.63) is 0 Å². The summed E-state index contributed by atoms with van der Waals surface area (Å²) in [5, 5.41) is 3.42. The molecule has 2 aliphatic heterocycles. The number of nitrogens with one attached hydrogen (secondary N) is 1. The molecule has 2 atom stereocenters. The van der Waals surface area contributed by atoms with Crippen molar-refractivity contribution in [2.75, 3.05) is 39.5 Å². The summed E-state index contributed by atoms with van der Waals surface area (Å²) in [5.74, 6) is 0.681. The van der Waals surface area contributed by atoms with Crippen LogP contribution in [0, 0.1) is 5.92 Å². The summed E-state index contributed by atoms with van der Waals surface area (Å²) in [6.45, 7) is 5.22. The van der Waals surface area contributed by atoms with Gasteiger partial charge in [-0.1, -0.05) is 0 Å². The molecule has 14 heavy (non-hydrogen) atoms. The van der Waals surface area contributed by atoms with Crippen LogP contribution in [-0.4, -0.2) is 45.1 Å². The molecule has 2 rings (SSSR count). The van der Waals surface area contributed by atoms with E-state index in [0.717, 1.165) is 39.3 Å². The van der Waals surface area contributed by atoms with Crippen LogP contribution in [0.3, 0.4) is 0 Å². The normalized spacial score (nSPS) is 37.9. The predicted molar refractivity (Wildman–Crippen MR) is 54.2 cm³/mol. The van der Waals surface area contributed by atoms with Gasteiger partial charge in [0.05, 0.1) is 18.8 Å². The van der Waals surface area contributed by atoms with Crippen molar-refractivity contribution in [3.8, 4) is 0 Å². The molecular formula is C10H20N2O2. The molecule has 2 unspecified atom stereocenters. The second kappa shape index (κ2) is 4.57. The summed E-state index contributed by atoms with van der Waals surface area (Å²) in [6, 6.07) is 0. The molecule has 0 bridgehead atoms. The second-order valence-electron chi connectivity index (χ2n) is 4.53. The van der Waals surface area contributed by atoms with Gasteiger partial charge >= 0.3 is 0 Å². The minimum atomic E-state index is -0.126. The van der Waals surface area contributed by atoms with Gasteiger partial charge in [-0.2, -0.15) is 0 Å². The Kier molecular flexibility index (Phi) is 3.38. The first-order chi connectivity index (χ1) is 6.79. The Morgan fingerprint density at radius 2 is 2.29 bits per heavy atom. The fraction of sp³-hybridized carbons (Fsp3) is 1.00. The molecule has 4 nitrogen and oxygen atoms in total. The molecule has 0 spiro atoms. The van der Waals surface area contributed by atoms with Crippen molar-refractivity contribution in [2.24, 2.45) is 11.7 Å². The van der Waals surface area contributed by atoms with Gasteiger partial charge in [-0.25, -0.2) is 0 Å². The topological polar surface area (TPSA) is 56.5 Å². The first kappa shape index (κ1) is 10.4. The lowest BCUT2D eigenvalue weighted by Crippen LogP contribution is -2.50. The van der Waals surface area contributed by atoms with Crippen molar-refractivity contribution >= 4 is 0 Å². The third-order valence-electron chi connectivity index (χ3n) is 3.07. The van der Waals surface area contributed by atoms with Gasteiger partial charge in [-0.15, -0.1) is 0 Å². The van der Waals surface area contributed by atoms with Gasteiger partial charge in [0.25, 0.3) is 0 Å². The monoisotopic (exact) mass is 200 g/mol. The molecule has 0 aromatic heterocycles. The molecule has 3 N–H and O–H groups in total. The van der Waals surface area contributed by atoms with Gasteiger partial charge in [-0.05, 0) is 18.8 Å². The molecule has 2 heterocycles. The first-order valence-electron chi connectivity index (χ1n) is 5.44. The minimum absolute atomic E-state index is 0.126. The molecule has 82 valence electrons. The van der Waals surface area contributed by atoms with E-state index in [0.29, 0.717) is 12.5 Å². The average molecular weight is 200 g/mol. The molecule has 2 saturated heterocycles. The summed E-state index contributed by atoms with van der Waals surface area (Å²) >= 11 is 0. The molecule has 0 radical (unpaired) electrons. The number of hydrogen-bond acceptors (Lipinski definition) is 4. The van der Waals surface area contributed by atoms with Crippen LogP contribution in [0.5, 0.6) is 0 Å². The van der Waals surface area contributed by atoms with Crippen LogP contribution in [0.4, 0.5) is 0 Å². The van der Waals surface area contributed by atoms with Gasteiger partial charge in [-0.3, -0.25) is 0 Å². The Morgan fingerprint density at radius 3 is 2.93 bits per heavy atom. The highest BCUT2D eigenvalue weighted by Gasteiger charge is 2.30. The van der Waals surface area contributed by atoms with E-state index in [1.54, 1.807) is 0 Å². The first-order valence-corrected chi connectivity index (χ1v) is 5.44. The van der Waals surface area contributed by atoms with Crippen molar-refractivity contribution in [1.82, 2.24) is 5.32 Å². The Morgan fingerprint density at radius 1 is 1.36 bits per heavy atom. The summed E-state index contributed by atoms with van der Waals surface area (Å²) < 4.78 is 10.6. The largest absolute Gasteiger partial charge is 0.381 e. The summed E-state index contributed by atoms with van der Waals surface area (Å²) in [6.07, 6.45) is 2.15. The van der Waals surface area contributed by atoms with Crippen molar-refractivity contribution in [3.63, 3.8) is 0 Å². The number of rotatable bonds is 4. The van der Waals surface area contributed by atoms with Crippen LogP contribution in [0.1, 0.15) is 12.8 Å². The van der Waals surface area contributed by atoms with Crippen LogP contribution in [0.25, 0.3) is 0 Å². The number of ether oxygens (including phenoxy) is 2. The van der Waals surface area contributed by atoms with Gasteiger partial charge < -0.3 is 20.5 Å². The van der Waals surface area contributed by atoms with Crippen LogP contribution < -0.4 is 11.1 Å². The van der Waals surface area contributed by atoms with Gasteiger partial charge in [0.2, 0.25) is 0 Å². The Bertz CT molecular complexity index is 175. The number of nitrogens with two attached hydrogens (primary N) is 1. The minimum Gasteiger partial charge on any atom is -0.381 e. The smallest absolute Gasteiger partial charge is 0.0659 e. The maximum absolute atomic E-state index is 6.13. The van der Waals surface area contributed by atoms with E-state index in [1.807, 2.05) is 0 Å². The lowest BCUT2D eigenvalue weighted by atomic mass is 10.00. The maximum Gasteiger partial charge on any atom is 0.0659 e. The van der Waals surface area contributed by atoms with Crippen molar-refractivity contribution < 1.29 is 9.47 Å². The Balaban J connectivity index is 1.61. The van der Waals surface area contributed by atoms with Gasteiger partial charge in [0.15, 0.2) is 0 Å². The highest BCUT2D eigenvalue weighted by Crippen LogP contribution is 2.15. The molecule has 0 aromatic rings. The second-order valence-corrected chi connectivity index (χ2v) is 4.53. The average Bonchev–Trinajstić information content (AvgIpc) is 2.77. The standard InChI is InChI=1S/C10H20N2O2/c11-10(2-4-14-8-10)7-12-5-9-1-3-13-6-9/h9,12H,1-8,11H2. The third-order valence-corrected chi connectivity index (χ3v) is 3.07. The van der Waals surface area contributed by atoms with E-state index in [1.165, 1.54) is 6.42 Å². The van der Waals surface area contributed by atoms with E-state index in [-0.39, 0.29) is 5.54 Å². The Labute approximate surface area is 85.1 Å². The van der Waals surface area contributed by atoms with Crippen molar-refractivity contribution in [1.29, 1.82) is 0 Å². The zero-order chi connectivity index (χ0) is 9.86. The molecule has 0 saturated carbocycles. The van der Waals surface area contributed by atoms with E-state index in [2.05, 4.69) is 5.32 Å². The van der Waals surface area contributed by atoms with Gasteiger partial charge in [0, 0.05) is 26.3 Å². The van der Waals surface area contributed by atoms with Crippen molar-refractivity contribution in [2.45, 2.75) is 18.4 Å². The Hall–Kier alpha value is -0.160. The zero-order valence-electron chi connectivity index (χ0n) is 8.63. The van der Waals surface area contributed by atoms with E-state index in [4.69, 9.17) is 15.2 Å². The SMILES string of the molecule is NC1(CNCC2CCOC2)CCOC1. The van der Waals surface area contributed by atoms with Crippen LogP contribution in [0.2, 0.25) is 0 Å². The molecule has 2 fully saturated rings. The van der Waals surface area contributed by atoms with Gasteiger partial charge in [0.1, 0.15) is 0 Å². The quantitative estimate of drug-likeness (QED) is 0.656. The van der Waals surface area contributed by atoms with Crippen LogP contribution >= 0.6 is 0 Å². The lowest BCUT2D eigenvalue weighted by Gasteiger charge is -2.23. The predicted octanol–water partition coefficient (Wildman–Crippen LogP) is -0.270. The van der Waals surface area contributed by atoms with E-state index < -0.39 is 0 Å². The van der Waals surface area contributed by atoms with E-state index in [9.17, 15) is 0 Å². The summed E-state index contributed by atoms with van der Waals surface area (Å²) in [4.78, 5) is 0. The zero-order valence-corrected chi connectivity index (χ0v) is 8.63. The molecule has 2 aliphatic rings. The molecule has 4 heteroatoms. The number of hydrogen-bond donors (Lipinski definition) is 2. The van der Waals surface area contributed by atoms with Crippen LogP contribution in [0.15, 0.2) is 0 Å². The fourth-order valence-corrected chi connectivity index (χ4v) is 2.03.